The fraction of sp³-hybridized carbons (Fsp3) is 0.368. The largest absolute Gasteiger partial charge is 0.506 e. The summed E-state index contributed by atoms with van der Waals surface area (Å²) in [5.74, 6) is -4.25. The van der Waals surface area contributed by atoms with Gasteiger partial charge < -0.3 is 36.0 Å². The number of fused-ring (bicyclic) bond motifs is 2. The summed E-state index contributed by atoms with van der Waals surface area (Å²) in [6.07, 6.45) is 0.511. The standard InChI is InChI=1S/C38H45N5O8/c1-21(2)15-27(41-34(48)28(42-37(51)38(3,4)5)18-22-11-13-24-9-7-8-10-25(24)16-22)33(47)39-19-23-12-14-29-26(17-23)32(46)31(36(50)43(29)6)35(49)40-20-30(44)45/h7-14,16-17,21,27-28,46H,15,18-20H2,1-6H3,(H,39,47)(H,40,49)(H,41,48)(H,42,51)(H,44,45)/t27-,28-/m0/s1. The van der Waals surface area contributed by atoms with Gasteiger partial charge in [0.05, 0.1) is 5.52 Å². The lowest BCUT2D eigenvalue weighted by atomic mass is 9.94. The minimum Gasteiger partial charge on any atom is -0.506 e. The third-order valence-corrected chi connectivity index (χ3v) is 8.42. The molecule has 4 amide bonds. The molecule has 0 unspecified atom stereocenters. The number of aromatic nitrogens is 1. The highest BCUT2D eigenvalue weighted by Gasteiger charge is 2.31. The normalized spacial score (nSPS) is 12.7. The third-order valence-electron chi connectivity index (χ3n) is 8.42. The van der Waals surface area contributed by atoms with Crippen LogP contribution in [0, 0.1) is 11.3 Å². The highest BCUT2D eigenvalue weighted by atomic mass is 16.4. The summed E-state index contributed by atoms with van der Waals surface area (Å²) in [6, 6.07) is 16.5. The van der Waals surface area contributed by atoms with Gasteiger partial charge in [0.2, 0.25) is 17.7 Å². The Bertz CT molecular complexity index is 2050. The molecule has 0 radical (unpaired) electrons. The fourth-order valence-corrected chi connectivity index (χ4v) is 5.61. The Morgan fingerprint density at radius 2 is 1.49 bits per heavy atom. The van der Waals surface area contributed by atoms with Gasteiger partial charge in [-0.25, -0.2) is 0 Å². The average Bonchev–Trinajstić information content (AvgIpc) is 3.07. The quantitative estimate of drug-likeness (QED) is 0.122. The lowest BCUT2D eigenvalue weighted by Gasteiger charge is -2.27. The average molecular weight is 700 g/mol. The van der Waals surface area contributed by atoms with E-state index in [9.17, 15) is 33.9 Å². The molecule has 0 saturated carbocycles. The SMILES string of the molecule is CC(C)C[C@H](NC(=O)[C@H](Cc1ccc2ccccc2c1)NC(=O)C(C)(C)C)C(=O)NCc1ccc2c(c1)c(O)c(C(=O)NCC(=O)O)c(=O)n2C. The van der Waals surface area contributed by atoms with E-state index in [0.717, 1.165) is 20.9 Å². The van der Waals surface area contributed by atoms with Crippen molar-refractivity contribution < 1.29 is 34.2 Å². The number of aliphatic carboxylic acids is 1. The van der Waals surface area contributed by atoms with E-state index in [4.69, 9.17) is 5.11 Å². The molecule has 0 aliphatic carbocycles. The number of pyridine rings is 1. The number of carbonyl (C=O) groups is 5. The number of nitrogens with one attached hydrogen (secondary N) is 4. The number of carbonyl (C=O) groups excluding carboxylic acids is 4. The van der Waals surface area contributed by atoms with Gasteiger partial charge in [0.1, 0.15) is 29.9 Å². The van der Waals surface area contributed by atoms with Crippen molar-refractivity contribution in [3.8, 4) is 5.75 Å². The maximum Gasteiger partial charge on any atom is 0.322 e. The number of benzene rings is 3. The summed E-state index contributed by atoms with van der Waals surface area (Å²) >= 11 is 0. The van der Waals surface area contributed by atoms with Gasteiger partial charge in [0.15, 0.2) is 0 Å². The van der Waals surface area contributed by atoms with Crippen LogP contribution in [0.15, 0.2) is 65.5 Å². The van der Waals surface area contributed by atoms with Gasteiger partial charge in [-0.15, -0.1) is 0 Å². The molecule has 13 heteroatoms. The Hall–Kier alpha value is -5.72. The van der Waals surface area contributed by atoms with E-state index in [1.165, 1.54) is 13.1 Å². The molecule has 4 rings (SSSR count). The first-order valence-corrected chi connectivity index (χ1v) is 16.7. The van der Waals surface area contributed by atoms with Crippen molar-refractivity contribution in [1.29, 1.82) is 0 Å². The van der Waals surface area contributed by atoms with E-state index in [0.29, 0.717) is 17.5 Å². The van der Waals surface area contributed by atoms with Crippen LogP contribution in [0.4, 0.5) is 0 Å². The minimum absolute atomic E-state index is 0.0220. The number of carboxylic acid groups (broad SMARTS) is 1. The van der Waals surface area contributed by atoms with Crippen LogP contribution in [0.3, 0.4) is 0 Å². The van der Waals surface area contributed by atoms with E-state index in [2.05, 4.69) is 21.3 Å². The highest BCUT2D eigenvalue weighted by molar-refractivity contribution is 6.03. The van der Waals surface area contributed by atoms with E-state index >= 15 is 0 Å². The van der Waals surface area contributed by atoms with Crippen molar-refractivity contribution in [1.82, 2.24) is 25.8 Å². The predicted molar refractivity (Wildman–Crippen MR) is 193 cm³/mol. The maximum atomic E-state index is 13.8. The molecule has 0 bridgehead atoms. The second-order valence-electron chi connectivity index (χ2n) is 14.1. The zero-order valence-electron chi connectivity index (χ0n) is 29.6. The second kappa shape index (κ2) is 15.9. The molecule has 51 heavy (non-hydrogen) atoms. The topological polar surface area (TPSA) is 196 Å². The number of aromatic hydroxyl groups is 1. The second-order valence-corrected chi connectivity index (χ2v) is 14.1. The number of amides is 4. The Balaban J connectivity index is 1.55. The first-order valence-electron chi connectivity index (χ1n) is 16.7. The van der Waals surface area contributed by atoms with Crippen LogP contribution < -0.4 is 26.8 Å². The van der Waals surface area contributed by atoms with Crippen molar-refractivity contribution in [3.63, 3.8) is 0 Å². The van der Waals surface area contributed by atoms with Gasteiger partial charge in [0, 0.05) is 30.8 Å². The van der Waals surface area contributed by atoms with Gasteiger partial charge in [-0.2, -0.15) is 0 Å². The zero-order valence-corrected chi connectivity index (χ0v) is 29.6. The van der Waals surface area contributed by atoms with Crippen LogP contribution in [0.5, 0.6) is 5.75 Å². The van der Waals surface area contributed by atoms with Crippen LogP contribution >= 0.6 is 0 Å². The van der Waals surface area contributed by atoms with Crippen molar-refractivity contribution in [2.45, 2.75) is 66.1 Å². The van der Waals surface area contributed by atoms with Crippen molar-refractivity contribution >= 4 is 51.3 Å². The zero-order chi connectivity index (χ0) is 37.6. The van der Waals surface area contributed by atoms with E-state index in [1.807, 2.05) is 56.3 Å². The molecule has 1 heterocycles. The van der Waals surface area contributed by atoms with Gasteiger partial charge in [-0.3, -0.25) is 28.8 Å². The summed E-state index contributed by atoms with van der Waals surface area (Å²) in [5, 5.41) is 32.6. The molecule has 2 atom stereocenters. The molecule has 0 fully saturated rings. The smallest absolute Gasteiger partial charge is 0.322 e. The lowest BCUT2D eigenvalue weighted by Crippen LogP contribution is -2.55. The molecule has 0 spiro atoms. The molecule has 1 aromatic heterocycles. The number of hydrogen-bond donors (Lipinski definition) is 6. The summed E-state index contributed by atoms with van der Waals surface area (Å²) < 4.78 is 1.16. The summed E-state index contributed by atoms with van der Waals surface area (Å²) in [6.45, 7) is 8.33. The molecule has 6 N–H and O–H groups in total. The predicted octanol–water partition coefficient (Wildman–Crippen LogP) is 3.13. The molecular weight excluding hydrogens is 654 g/mol. The van der Waals surface area contributed by atoms with Gasteiger partial charge in [0.25, 0.3) is 11.5 Å². The van der Waals surface area contributed by atoms with Crippen LogP contribution in [0.1, 0.15) is 62.5 Å². The Morgan fingerprint density at radius 3 is 2.14 bits per heavy atom. The molecule has 0 aliphatic heterocycles. The van der Waals surface area contributed by atoms with Gasteiger partial charge in [-0.1, -0.05) is 83.1 Å². The Labute approximate surface area is 295 Å². The van der Waals surface area contributed by atoms with Crippen LogP contribution in [0.2, 0.25) is 0 Å². The van der Waals surface area contributed by atoms with Gasteiger partial charge in [-0.05, 0) is 46.4 Å². The number of hydrogen-bond acceptors (Lipinski definition) is 7. The molecule has 0 aliphatic rings. The number of carboxylic acids is 1. The molecule has 3 aromatic carbocycles. The van der Waals surface area contributed by atoms with Crippen molar-refractivity contribution in [2.75, 3.05) is 6.54 Å². The lowest BCUT2D eigenvalue weighted by molar-refractivity contribution is -0.136. The molecule has 13 nitrogen and oxygen atoms in total. The minimum atomic E-state index is -1.32. The van der Waals surface area contributed by atoms with Crippen molar-refractivity contribution in [3.05, 3.63) is 87.7 Å². The Morgan fingerprint density at radius 1 is 0.824 bits per heavy atom. The first-order chi connectivity index (χ1) is 24.0. The van der Waals surface area contributed by atoms with Crippen LogP contribution in [-0.4, -0.2) is 63.0 Å². The maximum absolute atomic E-state index is 13.8. The van der Waals surface area contributed by atoms with Crippen LogP contribution in [0.25, 0.3) is 21.7 Å². The molecule has 0 saturated heterocycles. The summed E-state index contributed by atoms with van der Waals surface area (Å²) in [5.41, 5.74) is -0.518. The Kier molecular flexibility index (Phi) is 11.9. The highest BCUT2D eigenvalue weighted by Crippen LogP contribution is 2.27. The molecular formula is C38H45N5O8. The van der Waals surface area contributed by atoms with E-state index < -0.39 is 64.6 Å². The molecule has 270 valence electrons. The van der Waals surface area contributed by atoms with Crippen molar-refractivity contribution in [2.24, 2.45) is 18.4 Å². The summed E-state index contributed by atoms with van der Waals surface area (Å²) in [4.78, 5) is 76.8. The van der Waals surface area contributed by atoms with E-state index in [1.54, 1.807) is 32.9 Å². The fourth-order valence-electron chi connectivity index (χ4n) is 5.61. The number of aryl methyl sites for hydroxylation is 1. The first kappa shape index (κ1) is 38.1. The third kappa shape index (κ3) is 9.50. The monoisotopic (exact) mass is 699 g/mol. The number of nitrogens with zero attached hydrogens (tertiary/aromatic N) is 1. The van der Waals surface area contributed by atoms with Crippen LogP contribution in [-0.2, 0) is 39.2 Å². The summed E-state index contributed by atoms with van der Waals surface area (Å²) in [7, 11) is 1.41. The van der Waals surface area contributed by atoms with E-state index in [-0.39, 0.29) is 30.2 Å². The van der Waals surface area contributed by atoms with Gasteiger partial charge >= 0.3 is 5.97 Å². The number of rotatable bonds is 13. The molecule has 4 aromatic rings.